The zero-order valence-corrected chi connectivity index (χ0v) is 9.60. The van der Waals surface area contributed by atoms with E-state index in [2.05, 4.69) is 16.7 Å². The van der Waals surface area contributed by atoms with E-state index in [1.807, 2.05) is 0 Å². The van der Waals surface area contributed by atoms with Crippen LogP contribution in [0.3, 0.4) is 0 Å². The van der Waals surface area contributed by atoms with Gasteiger partial charge in [0.25, 0.3) is 0 Å². The monoisotopic (exact) mass is 218 g/mol. The number of hydrogen-bond acceptors (Lipinski definition) is 3. The largest absolute Gasteiger partial charge is 0.305 e. The van der Waals surface area contributed by atoms with Gasteiger partial charge in [-0.3, -0.25) is 0 Å². The minimum absolute atomic E-state index is 0.191. The van der Waals surface area contributed by atoms with Gasteiger partial charge in [0.15, 0.2) is 0 Å². The van der Waals surface area contributed by atoms with Crippen molar-refractivity contribution in [3.05, 3.63) is 0 Å². The highest BCUT2D eigenvalue weighted by molar-refractivity contribution is 7.89. The Hall–Kier alpha value is -0.130. The lowest BCUT2D eigenvalue weighted by atomic mass is 9.61. The van der Waals surface area contributed by atoms with Gasteiger partial charge in [-0.1, -0.05) is 0 Å². The molecule has 1 spiro atoms. The van der Waals surface area contributed by atoms with Crippen LogP contribution in [0, 0.1) is 5.41 Å². The van der Waals surface area contributed by atoms with E-state index in [4.69, 9.17) is 0 Å². The molecule has 1 aliphatic heterocycles. The molecule has 1 aliphatic carbocycles. The van der Waals surface area contributed by atoms with Crippen molar-refractivity contribution in [1.82, 2.24) is 9.62 Å². The first kappa shape index (κ1) is 10.4. The number of rotatable bonds is 3. The normalized spacial score (nSPS) is 27.3. The maximum absolute atomic E-state index is 11.3. The zero-order chi connectivity index (χ0) is 10.4. The predicted molar refractivity (Wildman–Crippen MR) is 55.5 cm³/mol. The fourth-order valence-electron chi connectivity index (χ4n) is 2.76. The third-order valence-corrected chi connectivity index (χ3v) is 4.75. The fraction of sp³-hybridized carbons (Fsp3) is 1.00. The Balaban J connectivity index is 1.79. The predicted octanol–water partition coefficient (Wildman–Crippen LogP) is 0.0199. The first-order valence-corrected chi connectivity index (χ1v) is 6.78. The number of likely N-dealkylation sites (tertiary alicyclic amines) is 1. The van der Waals surface area contributed by atoms with E-state index < -0.39 is 10.0 Å². The lowest BCUT2D eigenvalue weighted by molar-refractivity contribution is -0.0596. The van der Waals surface area contributed by atoms with Gasteiger partial charge in [0.05, 0.1) is 5.75 Å². The number of nitrogens with zero attached hydrogens (tertiary/aromatic N) is 1. The summed E-state index contributed by atoms with van der Waals surface area (Å²) in [4.78, 5) is 2.28. The van der Waals surface area contributed by atoms with E-state index in [-0.39, 0.29) is 11.8 Å². The van der Waals surface area contributed by atoms with Gasteiger partial charge >= 0.3 is 0 Å². The molecule has 0 bridgehead atoms. The standard InChI is InChI=1S/C9H18N2O2S/c1-3-14(12,13)10-8-4-9(5-8)6-11(2)7-9/h8,10H,3-7H2,1-2H3. The highest BCUT2D eigenvalue weighted by Gasteiger charge is 2.51. The summed E-state index contributed by atoms with van der Waals surface area (Å²) in [6.07, 6.45) is 2.05. The minimum Gasteiger partial charge on any atom is -0.305 e. The van der Waals surface area contributed by atoms with Crippen LogP contribution in [-0.4, -0.2) is 45.2 Å². The van der Waals surface area contributed by atoms with Gasteiger partial charge in [0.1, 0.15) is 0 Å². The topological polar surface area (TPSA) is 49.4 Å². The lowest BCUT2D eigenvalue weighted by Gasteiger charge is -2.58. The molecule has 1 heterocycles. The second-order valence-corrected chi connectivity index (χ2v) is 6.84. The van der Waals surface area contributed by atoms with Crippen molar-refractivity contribution in [1.29, 1.82) is 0 Å². The van der Waals surface area contributed by atoms with Crippen LogP contribution in [0.15, 0.2) is 0 Å². The summed E-state index contributed by atoms with van der Waals surface area (Å²) >= 11 is 0. The molecule has 1 saturated carbocycles. The summed E-state index contributed by atoms with van der Waals surface area (Å²) in [5, 5.41) is 0. The summed E-state index contributed by atoms with van der Waals surface area (Å²) in [7, 11) is -0.885. The Morgan fingerprint density at radius 3 is 2.43 bits per heavy atom. The second-order valence-electron chi connectivity index (χ2n) is 4.80. The van der Waals surface area contributed by atoms with Gasteiger partial charge in [-0.05, 0) is 32.2 Å². The maximum atomic E-state index is 11.3. The molecule has 2 fully saturated rings. The Morgan fingerprint density at radius 1 is 1.43 bits per heavy atom. The summed E-state index contributed by atoms with van der Waals surface area (Å²) in [5.41, 5.74) is 0.454. The average molecular weight is 218 g/mol. The molecule has 2 rings (SSSR count). The number of hydrogen-bond donors (Lipinski definition) is 1. The van der Waals surface area contributed by atoms with Crippen LogP contribution in [0.5, 0.6) is 0 Å². The van der Waals surface area contributed by atoms with Crippen LogP contribution in [0.2, 0.25) is 0 Å². The summed E-state index contributed by atoms with van der Waals surface area (Å²) < 4.78 is 25.3. The van der Waals surface area contributed by atoms with E-state index in [9.17, 15) is 8.42 Å². The molecule has 14 heavy (non-hydrogen) atoms. The molecule has 4 nitrogen and oxygen atoms in total. The molecule has 0 atom stereocenters. The molecular formula is C9H18N2O2S. The average Bonchev–Trinajstić information content (AvgIpc) is 1.98. The van der Waals surface area contributed by atoms with Crippen molar-refractivity contribution in [2.75, 3.05) is 25.9 Å². The van der Waals surface area contributed by atoms with Crippen molar-refractivity contribution in [2.45, 2.75) is 25.8 Å². The molecule has 0 radical (unpaired) electrons. The summed E-state index contributed by atoms with van der Waals surface area (Å²) in [5.74, 6) is 0.191. The highest BCUT2D eigenvalue weighted by atomic mass is 32.2. The molecule has 5 heteroatoms. The van der Waals surface area contributed by atoms with Gasteiger partial charge in [-0.15, -0.1) is 0 Å². The first-order valence-electron chi connectivity index (χ1n) is 5.13. The Labute approximate surface area is 85.7 Å². The molecule has 2 aliphatic rings. The smallest absolute Gasteiger partial charge is 0.211 e. The number of sulfonamides is 1. The quantitative estimate of drug-likeness (QED) is 0.726. The number of nitrogens with one attached hydrogen (secondary N) is 1. The third-order valence-electron chi connectivity index (χ3n) is 3.30. The zero-order valence-electron chi connectivity index (χ0n) is 8.78. The van der Waals surface area contributed by atoms with E-state index >= 15 is 0 Å². The molecule has 1 saturated heterocycles. The Bertz CT molecular complexity index is 312. The summed E-state index contributed by atoms with van der Waals surface area (Å²) in [6, 6.07) is 0.202. The van der Waals surface area contributed by atoms with E-state index in [0.717, 1.165) is 25.9 Å². The van der Waals surface area contributed by atoms with Gasteiger partial charge in [0, 0.05) is 19.1 Å². The molecular weight excluding hydrogens is 200 g/mol. The first-order chi connectivity index (χ1) is 6.45. The SMILES string of the molecule is CCS(=O)(=O)NC1CC2(C1)CN(C)C2. The Kier molecular flexibility index (Phi) is 2.36. The summed E-state index contributed by atoms with van der Waals surface area (Å²) in [6.45, 7) is 3.95. The van der Waals surface area contributed by atoms with Gasteiger partial charge in [0.2, 0.25) is 10.0 Å². The van der Waals surface area contributed by atoms with Crippen molar-refractivity contribution < 1.29 is 8.42 Å². The van der Waals surface area contributed by atoms with Crippen LogP contribution >= 0.6 is 0 Å². The lowest BCUT2D eigenvalue weighted by Crippen LogP contribution is -2.65. The van der Waals surface area contributed by atoms with Crippen LogP contribution < -0.4 is 4.72 Å². The molecule has 1 N–H and O–H groups in total. The van der Waals surface area contributed by atoms with Crippen molar-refractivity contribution in [3.63, 3.8) is 0 Å². The molecule has 0 amide bonds. The van der Waals surface area contributed by atoms with Gasteiger partial charge in [-0.25, -0.2) is 13.1 Å². The molecule has 0 aromatic carbocycles. The van der Waals surface area contributed by atoms with Crippen molar-refractivity contribution >= 4 is 10.0 Å². The van der Waals surface area contributed by atoms with Crippen LogP contribution in [0.25, 0.3) is 0 Å². The van der Waals surface area contributed by atoms with E-state index in [1.54, 1.807) is 6.92 Å². The van der Waals surface area contributed by atoms with Gasteiger partial charge in [-0.2, -0.15) is 0 Å². The molecule has 0 aromatic heterocycles. The Morgan fingerprint density at radius 2 is 2.00 bits per heavy atom. The van der Waals surface area contributed by atoms with Crippen molar-refractivity contribution in [2.24, 2.45) is 5.41 Å². The van der Waals surface area contributed by atoms with Gasteiger partial charge < -0.3 is 4.90 Å². The maximum Gasteiger partial charge on any atom is 0.211 e. The van der Waals surface area contributed by atoms with Crippen LogP contribution in [0.4, 0.5) is 0 Å². The molecule has 82 valence electrons. The molecule has 0 unspecified atom stereocenters. The van der Waals surface area contributed by atoms with Crippen molar-refractivity contribution in [3.8, 4) is 0 Å². The fourth-order valence-corrected chi connectivity index (χ4v) is 3.60. The second kappa shape index (κ2) is 3.18. The van der Waals surface area contributed by atoms with Crippen LogP contribution in [-0.2, 0) is 10.0 Å². The van der Waals surface area contributed by atoms with Crippen LogP contribution in [0.1, 0.15) is 19.8 Å². The molecule has 0 aromatic rings. The van der Waals surface area contributed by atoms with E-state index in [0.29, 0.717) is 5.41 Å². The minimum atomic E-state index is -2.99. The van der Waals surface area contributed by atoms with E-state index in [1.165, 1.54) is 0 Å². The third kappa shape index (κ3) is 1.81. The highest BCUT2D eigenvalue weighted by Crippen LogP contribution is 2.47.